The molecule has 170 valence electrons. The molecule has 0 spiro atoms. The van der Waals surface area contributed by atoms with Crippen molar-refractivity contribution >= 4 is 60.4 Å². The molecule has 10 heteroatoms. The van der Waals surface area contributed by atoms with E-state index in [1.807, 2.05) is 0 Å². The van der Waals surface area contributed by atoms with E-state index >= 15 is 0 Å². The first-order valence-electron chi connectivity index (χ1n) is 8.56. The van der Waals surface area contributed by atoms with Crippen LogP contribution in [0.2, 0.25) is 0 Å². The molecule has 0 saturated heterocycles. The van der Waals surface area contributed by atoms with Gasteiger partial charge < -0.3 is 4.48 Å². The average Bonchev–Trinajstić information content (AvgIpc) is 2.36. The van der Waals surface area contributed by atoms with Crippen molar-refractivity contribution in [1.82, 2.24) is 0 Å². The zero-order valence-corrected chi connectivity index (χ0v) is 23.9. The first kappa shape index (κ1) is 35.5. The zero-order chi connectivity index (χ0) is 21.8. The van der Waals surface area contributed by atoms with Crippen LogP contribution in [0.5, 0.6) is 0 Å². The van der Waals surface area contributed by atoms with Gasteiger partial charge in [-0.1, -0.05) is 27.7 Å². The van der Waals surface area contributed by atoms with Crippen LogP contribution in [0.3, 0.4) is 0 Å². The SMILES string of the molecule is CCC[N+](CCC)(CCC)CCC.CS(C)=O.CS(C)=O.[Cl][Rh-]([Cl])([Cl])[Cl]. The fourth-order valence-electron chi connectivity index (χ4n) is 2.57. The van der Waals surface area contributed by atoms with E-state index in [0.717, 1.165) is 0 Å². The van der Waals surface area contributed by atoms with Crippen molar-refractivity contribution in [1.29, 1.82) is 0 Å². The van der Waals surface area contributed by atoms with Crippen molar-refractivity contribution in [3.8, 4) is 0 Å². The van der Waals surface area contributed by atoms with Gasteiger partial charge in [-0.15, -0.1) is 0 Å². The van der Waals surface area contributed by atoms with E-state index in [1.54, 1.807) is 25.0 Å². The summed E-state index contributed by atoms with van der Waals surface area (Å²) in [6.45, 7) is 14.8. The van der Waals surface area contributed by atoms with E-state index in [0.29, 0.717) is 0 Å². The third-order valence-corrected chi connectivity index (χ3v) is 2.79. The van der Waals surface area contributed by atoms with Crippen LogP contribution in [0, 0.1) is 0 Å². The normalized spacial score (nSPS) is 11.6. The molecule has 0 amide bonds. The monoisotopic (exact) mass is 585 g/mol. The number of quaternary nitrogens is 1. The topological polar surface area (TPSA) is 34.1 Å². The van der Waals surface area contributed by atoms with Crippen LogP contribution in [0.1, 0.15) is 53.4 Å². The second-order valence-electron chi connectivity index (χ2n) is 6.00. The van der Waals surface area contributed by atoms with Gasteiger partial charge in [0.2, 0.25) is 0 Å². The van der Waals surface area contributed by atoms with E-state index in [9.17, 15) is 8.42 Å². The van der Waals surface area contributed by atoms with Crippen LogP contribution < -0.4 is 0 Å². The van der Waals surface area contributed by atoms with Crippen molar-refractivity contribution in [2.75, 3.05) is 51.2 Å². The Morgan fingerprint density at radius 1 is 0.615 bits per heavy atom. The van der Waals surface area contributed by atoms with Crippen molar-refractivity contribution < 1.29 is 23.7 Å². The molecule has 0 saturated carbocycles. The van der Waals surface area contributed by atoms with Crippen molar-refractivity contribution in [2.45, 2.75) is 53.4 Å². The predicted molar refractivity (Wildman–Crippen MR) is 124 cm³/mol. The second kappa shape index (κ2) is 23.3. The summed E-state index contributed by atoms with van der Waals surface area (Å²) >= 11 is 0. The van der Waals surface area contributed by atoms with Gasteiger partial charge in [0.25, 0.3) is 0 Å². The molecule has 0 aromatic heterocycles. The fraction of sp³-hybridized carbons (Fsp3) is 1.00. The molecule has 0 fully saturated rings. The molecule has 0 N–H and O–H groups in total. The van der Waals surface area contributed by atoms with Crippen LogP contribution in [-0.4, -0.2) is 64.1 Å². The molecule has 0 aromatic carbocycles. The van der Waals surface area contributed by atoms with Crippen LogP contribution in [0.15, 0.2) is 0 Å². The molecule has 0 aliphatic rings. The Balaban J connectivity index is -0.000000152. The molecule has 0 heterocycles. The first-order chi connectivity index (χ1) is 11.7. The third-order valence-electron chi connectivity index (χ3n) is 2.79. The number of nitrogens with zero attached hydrogens (tertiary/aromatic N) is 1. The molecule has 0 aliphatic heterocycles. The van der Waals surface area contributed by atoms with Gasteiger partial charge in [0, 0.05) is 46.6 Å². The molecular weight excluding hydrogens is 547 g/mol. The summed E-state index contributed by atoms with van der Waals surface area (Å²) in [5.74, 6) is 0. The summed E-state index contributed by atoms with van der Waals surface area (Å²) in [4.78, 5) is 0. The maximum atomic E-state index is 9.56. The number of hydrogen-bond donors (Lipinski definition) is 0. The van der Waals surface area contributed by atoms with Crippen LogP contribution in [0.25, 0.3) is 0 Å². The van der Waals surface area contributed by atoms with E-state index in [1.165, 1.54) is 56.3 Å². The first-order valence-corrected chi connectivity index (χ1v) is 20.9. The summed E-state index contributed by atoms with van der Waals surface area (Å²) < 4.78 is 20.5. The van der Waals surface area contributed by atoms with Gasteiger partial charge in [-0.3, -0.25) is 8.42 Å². The van der Waals surface area contributed by atoms with Gasteiger partial charge in [0.05, 0.1) is 26.2 Å². The Morgan fingerprint density at radius 2 is 0.731 bits per heavy atom. The van der Waals surface area contributed by atoms with Crippen molar-refractivity contribution in [2.24, 2.45) is 0 Å². The third kappa shape index (κ3) is 50.2. The minimum absolute atomic E-state index is 0.611. The average molecular weight is 587 g/mol. The standard InChI is InChI=1S/C12H28N.2C2H6OS.4ClH.Rh/c1-5-9-13(10-6-2,11-7-3)12-8-4;2*1-4(2)3;;;;;/h5-12H2,1-4H3;2*1-2H3;4*1H;/q+1;;;;;;;+3/p-4. The van der Waals surface area contributed by atoms with Crippen LogP contribution in [-0.2, 0) is 32.4 Å². The second-order valence-corrected chi connectivity index (χ2v) is 23.9. The Morgan fingerprint density at radius 3 is 0.808 bits per heavy atom. The van der Waals surface area contributed by atoms with Gasteiger partial charge >= 0.3 is 49.6 Å². The van der Waals surface area contributed by atoms with Crippen LogP contribution in [0.4, 0.5) is 0 Å². The van der Waals surface area contributed by atoms with Crippen molar-refractivity contribution in [3.63, 3.8) is 0 Å². The molecule has 0 radical (unpaired) electrons. The molecule has 0 unspecified atom stereocenters. The van der Waals surface area contributed by atoms with E-state index < -0.39 is 32.4 Å². The van der Waals surface area contributed by atoms with Crippen LogP contribution >= 0.6 is 38.8 Å². The van der Waals surface area contributed by atoms with Gasteiger partial charge in [-0.2, -0.15) is 0 Å². The predicted octanol–water partition coefficient (Wildman–Crippen LogP) is 6.19. The Bertz CT molecular complexity index is 291. The quantitative estimate of drug-likeness (QED) is 0.251. The summed E-state index contributed by atoms with van der Waals surface area (Å²) in [5.41, 5.74) is 0. The maximum absolute atomic E-state index is 9.56. The molecule has 3 nitrogen and oxygen atoms in total. The summed E-state index contributed by atoms with van der Waals surface area (Å²) in [7, 11) is 15.8. The van der Waals surface area contributed by atoms with E-state index in [-0.39, 0.29) is 0 Å². The molecule has 0 rings (SSSR count). The Hall–Kier alpha value is 2.04. The molecular formula is C16H40Cl4NO2RhS2. The number of hydrogen-bond acceptors (Lipinski definition) is 2. The summed E-state index contributed by atoms with van der Waals surface area (Å²) in [5, 5.41) is 0. The van der Waals surface area contributed by atoms with Crippen molar-refractivity contribution in [3.05, 3.63) is 0 Å². The van der Waals surface area contributed by atoms with E-state index in [4.69, 9.17) is 38.8 Å². The number of halogens is 4. The molecule has 0 aliphatic carbocycles. The fourth-order valence-corrected chi connectivity index (χ4v) is 2.57. The Labute approximate surface area is 187 Å². The molecule has 0 atom stereocenters. The number of rotatable bonds is 8. The minimum atomic E-state index is -2.89. The summed E-state index contributed by atoms with van der Waals surface area (Å²) in [6.07, 6.45) is 11.9. The van der Waals surface area contributed by atoms with Gasteiger partial charge in [-0.25, -0.2) is 0 Å². The molecule has 0 aromatic rings. The molecule has 0 bridgehead atoms. The summed E-state index contributed by atoms with van der Waals surface area (Å²) in [6, 6.07) is 0. The molecule has 26 heavy (non-hydrogen) atoms. The van der Waals surface area contributed by atoms with Gasteiger partial charge in [-0.05, 0) is 25.7 Å². The van der Waals surface area contributed by atoms with Gasteiger partial charge in [0.1, 0.15) is 0 Å². The Kier molecular flexibility index (Phi) is 31.8. The van der Waals surface area contributed by atoms with E-state index in [2.05, 4.69) is 27.7 Å². The zero-order valence-electron chi connectivity index (χ0n) is 17.6. The van der Waals surface area contributed by atoms with Gasteiger partial charge in [0.15, 0.2) is 0 Å².